The molecular weight excluding hydrogens is 158 g/mol. The Morgan fingerprint density at radius 2 is 2.36 bits per heavy atom. The van der Waals surface area contributed by atoms with Crippen LogP contribution in [0.3, 0.4) is 0 Å². The van der Waals surface area contributed by atoms with Crippen LogP contribution in [0.1, 0.15) is 19.3 Å². The summed E-state index contributed by atoms with van der Waals surface area (Å²) in [4.78, 5) is 0. The van der Waals surface area contributed by atoms with Gasteiger partial charge in [-0.1, -0.05) is 12.2 Å². The van der Waals surface area contributed by atoms with Crippen LogP contribution in [0.2, 0.25) is 0 Å². The molecule has 0 aromatic heterocycles. The Morgan fingerprint density at radius 1 is 1.55 bits per heavy atom. The predicted molar refractivity (Wildman–Crippen MR) is 49.8 cm³/mol. The van der Waals surface area contributed by atoms with Gasteiger partial charge in [-0.2, -0.15) is 0 Å². The minimum Gasteiger partial charge on any atom is -0.359 e. The van der Waals surface area contributed by atoms with E-state index in [1.54, 1.807) is 0 Å². The zero-order valence-corrected chi connectivity index (χ0v) is 7.16. The average Bonchev–Trinajstić information content (AvgIpc) is 2.06. The molecule has 0 amide bonds. The molecule has 1 aliphatic rings. The average molecular weight is 171 g/mol. The fraction of sp³-hybridized carbons (Fsp3) is 0.571. The first-order chi connectivity index (χ1) is 5.33. The van der Waals surface area contributed by atoms with Crippen molar-refractivity contribution in [3.05, 3.63) is 12.2 Å². The number of nitrogens with one attached hydrogen (secondary N) is 2. The normalized spacial score (nSPS) is 22.8. The molecule has 0 aliphatic heterocycles. The van der Waals surface area contributed by atoms with Crippen molar-refractivity contribution in [2.24, 2.45) is 5.84 Å². The van der Waals surface area contributed by atoms with Crippen LogP contribution in [0.25, 0.3) is 0 Å². The molecule has 3 nitrogen and oxygen atoms in total. The van der Waals surface area contributed by atoms with Crippen LogP contribution >= 0.6 is 12.2 Å². The minimum atomic E-state index is 0.462. The van der Waals surface area contributed by atoms with E-state index in [1.807, 2.05) is 0 Å². The third-order valence-corrected chi connectivity index (χ3v) is 1.97. The first-order valence-corrected chi connectivity index (χ1v) is 4.16. The maximum atomic E-state index is 5.12. The zero-order valence-electron chi connectivity index (χ0n) is 6.34. The van der Waals surface area contributed by atoms with E-state index in [9.17, 15) is 0 Å². The number of hydrogen-bond donors (Lipinski definition) is 3. The van der Waals surface area contributed by atoms with Crippen molar-refractivity contribution in [1.29, 1.82) is 0 Å². The lowest BCUT2D eigenvalue weighted by molar-refractivity contribution is 0.549. The lowest BCUT2D eigenvalue weighted by Gasteiger charge is -2.20. The molecule has 4 N–H and O–H groups in total. The number of thiocarbonyl (C=S) groups is 1. The summed E-state index contributed by atoms with van der Waals surface area (Å²) < 4.78 is 0. The highest BCUT2D eigenvalue weighted by molar-refractivity contribution is 7.80. The van der Waals surface area contributed by atoms with Crippen LogP contribution in [0.15, 0.2) is 12.2 Å². The minimum absolute atomic E-state index is 0.462. The summed E-state index contributed by atoms with van der Waals surface area (Å²) in [5.74, 6) is 5.12. The quantitative estimate of drug-likeness (QED) is 0.232. The summed E-state index contributed by atoms with van der Waals surface area (Å²) in [6.45, 7) is 0. The highest BCUT2D eigenvalue weighted by Crippen LogP contribution is 2.09. The van der Waals surface area contributed by atoms with Crippen LogP contribution < -0.4 is 16.6 Å². The van der Waals surface area contributed by atoms with Crippen LogP contribution in [-0.2, 0) is 0 Å². The van der Waals surface area contributed by atoms with Gasteiger partial charge in [0, 0.05) is 6.04 Å². The van der Waals surface area contributed by atoms with Gasteiger partial charge in [0.05, 0.1) is 0 Å². The van der Waals surface area contributed by atoms with E-state index < -0.39 is 0 Å². The van der Waals surface area contributed by atoms with Crippen LogP contribution in [0, 0.1) is 0 Å². The maximum absolute atomic E-state index is 5.12. The molecule has 1 unspecified atom stereocenters. The van der Waals surface area contributed by atoms with E-state index in [1.165, 1.54) is 0 Å². The second kappa shape index (κ2) is 4.31. The molecule has 62 valence electrons. The van der Waals surface area contributed by atoms with Gasteiger partial charge in [0.15, 0.2) is 5.11 Å². The molecule has 0 fully saturated rings. The molecule has 11 heavy (non-hydrogen) atoms. The molecule has 0 aromatic carbocycles. The van der Waals surface area contributed by atoms with Gasteiger partial charge in [-0.3, -0.25) is 0 Å². The Kier molecular flexibility index (Phi) is 3.32. The molecule has 1 rings (SSSR count). The van der Waals surface area contributed by atoms with Crippen molar-refractivity contribution >= 4 is 17.3 Å². The second-order valence-corrected chi connectivity index (χ2v) is 3.01. The van der Waals surface area contributed by atoms with Gasteiger partial charge in [0.2, 0.25) is 0 Å². The summed E-state index contributed by atoms with van der Waals surface area (Å²) in [6.07, 6.45) is 7.67. The Morgan fingerprint density at radius 3 is 2.91 bits per heavy atom. The summed E-state index contributed by atoms with van der Waals surface area (Å²) in [5, 5.41) is 3.65. The maximum Gasteiger partial charge on any atom is 0.180 e. The van der Waals surface area contributed by atoms with Gasteiger partial charge in [-0.15, -0.1) is 0 Å². The second-order valence-electron chi connectivity index (χ2n) is 2.60. The fourth-order valence-corrected chi connectivity index (χ4v) is 1.32. The third kappa shape index (κ3) is 2.86. The fourth-order valence-electron chi connectivity index (χ4n) is 1.15. The molecule has 1 aliphatic carbocycles. The van der Waals surface area contributed by atoms with Gasteiger partial charge >= 0.3 is 0 Å². The molecule has 0 saturated heterocycles. The van der Waals surface area contributed by atoms with E-state index >= 15 is 0 Å². The van der Waals surface area contributed by atoms with Crippen molar-refractivity contribution in [2.45, 2.75) is 25.3 Å². The monoisotopic (exact) mass is 171 g/mol. The van der Waals surface area contributed by atoms with Gasteiger partial charge in [0.1, 0.15) is 0 Å². The van der Waals surface area contributed by atoms with Crippen molar-refractivity contribution in [2.75, 3.05) is 0 Å². The molecule has 0 heterocycles. The largest absolute Gasteiger partial charge is 0.359 e. The van der Waals surface area contributed by atoms with Gasteiger partial charge < -0.3 is 10.7 Å². The van der Waals surface area contributed by atoms with E-state index in [-0.39, 0.29) is 0 Å². The van der Waals surface area contributed by atoms with E-state index in [0.29, 0.717) is 11.2 Å². The number of hydrazine groups is 1. The lowest BCUT2D eigenvalue weighted by Crippen LogP contribution is -2.45. The van der Waals surface area contributed by atoms with E-state index in [0.717, 1.165) is 19.3 Å². The third-order valence-electron chi connectivity index (χ3n) is 1.74. The SMILES string of the molecule is NNC(=S)NC1CC=CCC1. The van der Waals surface area contributed by atoms with Crippen molar-refractivity contribution in [3.8, 4) is 0 Å². The number of hydrogen-bond acceptors (Lipinski definition) is 2. The van der Waals surface area contributed by atoms with Crippen molar-refractivity contribution in [3.63, 3.8) is 0 Å². The predicted octanol–water partition coefficient (Wildman–Crippen LogP) is 0.433. The smallest absolute Gasteiger partial charge is 0.180 e. The molecule has 4 heteroatoms. The van der Waals surface area contributed by atoms with Crippen LogP contribution in [0.5, 0.6) is 0 Å². The van der Waals surface area contributed by atoms with Gasteiger partial charge in [0.25, 0.3) is 0 Å². The van der Waals surface area contributed by atoms with E-state index in [4.69, 9.17) is 18.1 Å². The Hall–Kier alpha value is -0.610. The molecule has 0 aromatic rings. The van der Waals surface area contributed by atoms with Crippen LogP contribution in [0.4, 0.5) is 0 Å². The summed E-state index contributed by atoms with van der Waals surface area (Å²) in [5.41, 5.74) is 2.41. The van der Waals surface area contributed by atoms with Crippen LogP contribution in [-0.4, -0.2) is 11.2 Å². The lowest BCUT2D eigenvalue weighted by atomic mass is 10.0. The van der Waals surface area contributed by atoms with Crippen molar-refractivity contribution < 1.29 is 0 Å². The topological polar surface area (TPSA) is 50.1 Å². The summed E-state index contributed by atoms with van der Waals surface area (Å²) in [6, 6.07) is 0.462. The standard InChI is InChI=1S/C7H13N3S/c8-10-7(11)9-6-4-2-1-3-5-6/h1-2,6H,3-5,8H2,(H2,9,10,11). The number of nitrogens with two attached hydrogens (primary N) is 1. The first kappa shape index (κ1) is 8.49. The highest BCUT2D eigenvalue weighted by atomic mass is 32.1. The first-order valence-electron chi connectivity index (χ1n) is 3.75. The molecule has 0 bridgehead atoms. The van der Waals surface area contributed by atoms with Gasteiger partial charge in [-0.25, -0.2) is 5.84 Å². The summed E-state index contributed by atoms with van der Waals surface area (Å²) >= 11 is 4.86. The van der Waals surface area contributed by atoms with E-state index in [2.05, 4.69) is 22.9 Å². The molecule has 0 radical (unpaired) electrons. The molecule has 0 saturated carbocycles. The Balaban J connectivity index is 2.26. The highest BCUT2D eigenvalue weighted by Gasteiger charge is 2.09. The summed E-state index contributed by atoms with van der Waals surface area (Å²) in [7, 11) is 0. The molecule has 1 atom stereocenters. The van der Waals surface area contributed by atoms with Crippen molar-refractivity contribution in [1.82, 2.24) is 10.7 Å². The molecular formula is C7H13N3S. The molecule has 0 spiro atoms. The van der Waals surface area contributed by atoms with Gasteiger partial charge in [-0.05, 0) is 31.5 Å². The Labute approximate surface area is 72.0 Å². The zero-order chi connectivity index (χ0) is 8.10. The number of allylic oxidation sites excluding steroid dienone is 1. The Bertz CT molecular complexity index is 167. The number of rotatable bonds is 1.